The lowest BCUT2D eigenvalue weighted by atomic mass is 10.0. The molecular formula is C19H16FN3O2. The summed E-state index contributed by atoms with van der Waals surface area (Å²) in [6.07, 6.45) is 2.99. The first-order valence-electron chi connectivity index (χ1n) is 7.68. The second kappa shape index (κ2) is 7.09. The van der Waals surface area contributed by atoms with E-state index in [1.165, 1.54) is 35.4 Å². The molecule has 25 heavy (non-hydrogen) atoms. The van der Waals surface area contributed by atoms with Crippen molar-refractivity contribution in [2.75, 3.05) is 7.05 Å². The maximum Gasteiger partial charge on any atom is 0.255 e. The summed E-state index contributed by atoms with van der Waals surface area (Å²) in [6, 6.07) is 13.6. The van der Waals surface area contributed by atoms with E-state index in [0.717, 1.165) is 0 Å². The van der Waals surface area contributed by atoms with Crippen LogP contribution >= 0.6 is 0 Å². The number of carbonyl (C=O) groups excluding carboxylic acids is 1. The van der Waals surface area contributed by atoms with Crippen LogP contribution in [0.3, 0.4) is 0 Å². The van der Waals surface area contributed by atoms with Gasteiger partial charge >= 0.3 is 0 Å². The number of hydrogen-bond acceptors (Lipinski definition) is 3. The third kappa shape index (κ3) is 3.63. The van der Waals surface area contributed by atoms with Gasteiger partial charge in [0, 0.05) is 25.5 Å². The van der Waals surface area contributed by atoms with Crippen molar-refractivity contribution in [3.05, 3.63) is 100.0 Å². The highest BCUT2D eigenvalue weighted by Gasteiger charge is 2.25. The molecule has 0 saturated heterocycles. The van der Waals surface area contributed by atoms with Crippen molar-refractivity contribution in [2.24, 2.45) is 0 Å². The Bertz CT molecular complexity index is 920. The van der Waals surface area contributed by atoms with Gasteiger partial charge in [-0.3, -0.25) is 14.6 Å². The lowest BCUT2D eigenvalue weighted by Gasteiger charge is -2.28. The van der Waals surface area contributed by atoms with E-state index in [2.05, 4.69) is 9.97 Å². The molecule has 2 heterocycles. The van der Waals surface area contributed by atoms with Crippen LogP contribution in [-0.4, -0.2) is 27.8 Å². The van der Waals surface area contributed by atoms with Gasteiger partial charge < -0.3 is 9.88 Å². The van der Waals surface area contributed by atoms with Crippen LogP contribution < -0.4 is 5.56 Å². The maximum atomic E-state index is 13.7. The van der Waals surface area contributed by atoms with Crippen LogP contribution in [0, 0.1) is 5.82 Å². The Hall–Kier alpha value is -3.28. The first-order chi connectivity index (χ1) is 12.1. The van der Waals surface area contributed by atoms with E-state index in [-0.39, 0.29) is 17.3 Å². The molecule has 3 rings (SSSR count). The zero-order chi connectivity index (χ0) is 17.8. The topological polar surface area (TPSA) is 66.1 Å². The Kier molecular flexibility index (Phi) is 4.70. The minimum absolute atomic E-state index is 0.286. The van der Waals surface area contributed by atoms with Crippen LogP contribution in [0.15, 0.2) is 71.8 Å². The molecule has 3 aromatic rings. The molecular weight excluding hydrogens is 321 g/mol. The summed E-state index contributed by atoms with van der Waals surface area (Å²) in [5.41, 5.74) is 1.28. The normalized spacial score (nSPS) is 11.8. The molecule has 0 radical (unpaired) electrons. The summed E-state index contributed by atoms with van der Waals surface area (Å²) in [5.74, 6) is -0.695. The number of nitrogens with zero attached hydrogens (tertiary/aromatic N) is 2. The number of benzene rings is 1. The van der Waals surface area contributed by atoms with Crippen molar-refractivity contribution in [1.29, 1.82) is 0 Å². The largest absolute Gasteiger partial charge is 0.329 e. The third-order valence-corrected chi connectivity index (χ3v) is 3.87. The van der Waals surface area contributed by atoms with E-state index < -0.39 is 6.04 Å². The van der Waals surface area contributed by atoms with Gasteiger partial charge in [-0.1, -0.05) is 18.2 Å². The Morgan fingerprint density at radius 2 is 2.00 bits per heavy atom. The number of rotatable bonds is 4. The van der Waals surface area contributed by atoms with Crippen molar-refractivity contribution < 1.29 is 9.18 Å². The molecule has 126 valence electrons. The van der Waals surface area contributed by atoms with Gasteiger partial charge in [0.05, 0.1) is 17.3 Å². The van der Waals surface area contributed by atoms with E-state index in [0.29, 0.717) is 16.8 Å². The molecule has 5 nitrogen and oxygen atoms in total. The van der Waals surface area contributed by atoms with Crippen molar-refractivity contribution in [1.82, 2.24) is 14.9 Å². The number of aromatic nitrogens is 2. The Morgan fingerprint density at radius 1 is 1.16 bits per heavy atom. The van der Waals surface area contributed by atoms with Gasteiger partial charge in [-0.15, -0.1) is 0 Å². The monoisotopic (exact) mass is 337 g/mol. The van der Waals surface area contributed by atoms with Crippen LogP contribution in [0.4, 0.5) is 4.39 Å². The molecule has 1 aromatic carbocycles. The minimum atomic E-state index is -0.559. The predicted molar refractivity (Wildman–Crippen MR) is 91.6 cm³/mol. The fraction of sp³-hybridized carbons (Fsp3) is 0.105. The fourth-order valence-corrected chi connectivity index (χ4v) is 2.67. The van der Waals surface area contributed by atoms with Gasteiger partial charge in [0.1, 0.15) is 5.82 Å². The predicted octanol–water partition coefficient (Wildman–Crippen LogP) is 2.77. The summed E-state index contributed by atoms with van der Waals surface area (Å²) >= 11 is 0. The van der Waals surface area contributed by atoms with Gasteiger partial charge in [-0.2, -0.15) is 0 Å². The van der Waals surface area contributed by atoms with E-state index in [4.69, 9.17) is 0 Å². The van der Waals surface area contributed by atoms with Gasteiger partial charge in [0.15, 0.2) is 0 Å². The van der Waals surface area contributed by atoms with Gasteiger partial charge in [0.2, 0.25) is 5.56 Å². The molecule has 1 unspecified atom stereocenters. The summed E-state index contributed by atoms with van der Waals surface area (Å²) in [4.78, 5) is 32.3. The Morgan fingerprint density at radius 3 is 2.64 bits per heavy atom. The summed E-state index contributed by atoms with van der Waals surface area (Å²) in [6.45, 7) is 0. The molecule has 0 aliphatic carbocycles. The number of amides is 1. The highest BCUT2D eigenvalue weighted by atomic mass is 19.1. The molecule has 1 amide bonds. The highest BCUT2D eigenvalue weighted by molar-refractivity contribution is 5.94. The van der Waals surface area contributed by atoms with Gasteiger partial charge in [-0.05, 0) is 35.9 Å². The summed E-state index contributed by atoms with van der Waals surface area (Å²) in [7, 11) is 1.62. The lowest BCUT2D eigenvalue weighted by Crippen LogP contribution is -2.33. The van der Waals surface area contributed by atoms with E-state index >= 15 is 0 Å². The van der Waals surface area contributed by atoms with Crippen LogP contribution in [-0.2, 0) is 0 Å². The van der Waals surface area contributed by atoms with Crippen molar-refractivity contribution in [3.63, 3.8) is 0 Å². The number of carbonyl (C=O) groups is 1. The number of H-pyrrole nitrogens is 1. The average molecular weight is 337 g/mol. The number of halogens is 1. The van der Waals surface area contributed by atoms with Crippen LogP contribution in [0.25, 0.3) is 0 Å². The highest BCUT2D eigenvalue weighted by Crippen LogP contribution is 2.27. The van der Waals surface area contributed by atoms with Gasteiger partial charge in [0.25, 0.3) is 5.91 Å². The first-order valence-corrected chi connectivity index (χ1v) is 7.68. The standard InChI is InChI=1S/C19H16FN3O2/c1-23(19(25)14-8-9-17(24)22-12-14)18(16-7-2-3-10-21-16)13-5-4-6-15(20)11-13/h2-12,18H,1H3,(H,22,24). The lowest BCUT2D eigenvalue weighted by molar-refractivity contribution is 0.0752. The molecule has 0 aliphatic heterocycles. The Labute approximate surface area is 143 Å². The van der Waals surface area contributed by atoms with E-state index in [1.807, 2.05) is 6.07 Å². The Balaban J connectivity index is 2.03. The molecule has 2 aromatic heterocycles. The molecule has 0 aliphatic rings. The minimum Gasteiger partial charge on any atom is -0.329 e. The second-order valence-corrected chi connectivity index (χ2v) is 5.57. The molecule has 1 atom stereocenters. The maximum absolute atomic E-state index is 13.7. The smallest absolute Gasteiger partial charge is 0.255 e. The first kappa shape index (κ1) is 16.6. The quantitative estimate of drug-likeness (QED) is 0.796. The zero-order valence-corrected chi connectivity index (χ0v) is 13.5. The van der Waals surface area contributed by atoms with E-state index in [1.54, 1.807) is 37.5 Å². The van der Waals surface area contributed by atoms with Crippen LogP contribution in [0.2, 0.25) is 0 Å². The summed E-state index contributed by atoms with van der Waals surface area (Å²) < 4.78 is 13.7. The number of aromatic amines is 1. The van der Waals surface area contributed by atoms with Crippen LogP contribution in [0.1, 0.15) is 27.7 Å². The molecule has 6 heteroatoms. The number of nitrogens with one attached hydrogen (secondary N) is 1. The summed E-state index contributed by atoms with van der Waals surface area (Å²) in [5, 5.41) is 0. The molecule has 1 N–H and O–H groups in total. The number of hydrogen-bond donors (Lipinski definition) is 1. The van der Waals surface area contributed by atoms with Crippen LogP contribution in [0.5, 0.6) is 0 Å². The average Bonchev–Trinajstić information content (AvgIpc) is 2.63. The SMILES string of the molecule is CN(C(=O)c1ccc(=O)[nH]c1)C(c1cccc(F)c1)c1ccccn1. The molecule has 0 bridgehead atoms. The fourth-order valence-electron chi connectivity index (χ4n) is 2.67. The third-order valence-electron chi connectivity index (χ3n) is 3.87. The van der Waals surface area contributed by atoms with Crippen molar-refractivity contribution in [3.8, 4) is 0 Å². The van der Waals surface area contributed by atoms with Gasteiger partial charge in [-0.25, -0.2) is 4.39 Å². The number of pyridine rings is 2. The van der Waals surface area contributed by atoms with E-state index in [9.17, 15) is 14.0 Å². The molecule has 0 saturated carbocycles. The second-order valence-electron chi connectivity index (χ2n) is 5.57. The molecule has 0 spiro atoms. The zero-order valence-electron chi connectivity index (χ0n) is 13.5. The molecule has 0 fully saturated rings. The van der Waals surface area contributed by atoms with Crippen molar-refractivity contribution in [2.45, 2.75) is 6.04 Å². The van der Waals surface area contributed by atoms with Crippen molar-refractivity contribution >= 4 is 5.91 Å².